The number of rotatable bonds is 4. The van der Waals surface area contributed by atoms with Crippen LogP contribution in [0.15, 0.2) is 12.7 Å². The summed E-state index contributed by atoms with van der Waals surface area (Å²) in [6.45, 7) is 2.97. The smallest absolute Gasteiger partial charge is 0.356 e. The van der Waals surface area contributed by atoms with Gasteiger partial charge in [0.25, 0.3) is 6.10 Å². The van der Waals surface area contributed by atoms with Crippen LogP contribution < -0.4 is 0 Å². The zero-order valence-electron chi connectivity index (χ0n) is 5.89. The number of carboxylic acids is 2. The number of carboxylic acid groups (broad SMARTS) is 2. The van der Waals surface area contributed by atoms with Crippen molar-refractivity contribution in [1.82, 2.24) is 0 Å². The minimum atomic E-state index is -2.17. The van der Waals surface area contributed by atoms with Crippen LogP contribution in [0.3, 0.4) is 0 Å². The molecule has 0 saturated heterocycles. The molecule has 66 valence electrons. The molecule has 0 unspecified atom stereocenters. The van der Waals surface area contributed by atoms with Gasteiger partial charge in [-0.05, 0) is 0 Å². The Balaban J connectivity index is 4.34. The summed E-state index contributed by atoms with van der Waals surface area (Å²) in [5, 5.41) is 16.4. The van der Waals surface area contributed by atoms with Crippen LogP contribution in [0.5, 0.6) is 0 Å². The van der Waals surface area contributed by atoms with Gasteiger partial charge < -0.3 is 14.9 Å². The first-order valence-electron chi connectivity index (χ1n) is 2.77. The van der Waals surface area contributed by atoms with E-state index in [1.165, 1.54) is 0 Å². The average Bonchev–Trinajstić information content (AvgIpc) is 1.98. The van der Waals surface area contributed by atoms with Crippen LogP contribution in [0.1, 0.15) is 0 Å². The van der Waals surface area contributed by atoms with E-state index in [0.717, 1.165) is 0 Å². The topological polar surface area (TPSA) is 101 Å². The van der Waals surface area contributed by atoms with Gasteiger partial charge in [-0.15, -0.1) is 0 Å². The van der Waals surface area contributed by atoms with Crippen molar-refractivity contribution in [3.8, 4) is 0 Å². The predicted molar refractivity (Wildman–Crippen MR) is 35.3 cm³/mol. The molecule has 0 spiro atoms. The maximum absolute atomic E-state index is 10.4. The van der Waals surface area contributed by atoms with E-state index in [1.807, 2.05) is 0 Å². The summed E-state index contributed by atoms with van der Waals surface area (Å²) >= 11 is 0. The Morgan fingerprint density at radius 1 is 1.25 bits per heavy atom. The van der Waals surface area contributed by atoms with Crippen molar-refractivity contribution in [2.75, 3.05) is 0 Å². The molecule has 0 aromatic heterocycles. The minimum Gasteiger partial charge on any atom is -0.478 e. The van der Waals surface area contributed by atoms with Crippen molar-refractivity contribution in [3.05, 3.63) is 12.7 Å². The standard InChI is InChI=1S/C6H6O6/c1-2-3(7)12-4(5(8)9)6(10)11/h2,4H,1H2,(H,8,9)(H,10,11). The fourth-order valence-electron chi connectivity index (χ4n) is 0.371. The quantitative estimate of drug-likeness (QED) is 0.330. The van der Waals surface area contributed by atoms with Crippen molar-refractivity contribution >= 4 is 17.9 Å². The summed E-state index contributed by atoms with van der Waals surface area (Å²) in [6.07, 6.45) is -1.49. The van der Waals surface area contributed by atoms with Crippen molar-refractivity contribution in [3.63, 3.8) is 0 Å². The second-order valence-corrected chi connectivity index (χ2v) is 1.70. The molecule has 0 rings (SSSR count). The normalized spacial score (nSPS) is 9.08. The highest BCUT2D eigenvalue weighted by Gasteiger charge is 2.29. The lowest BCUT2D eigenvalue weighted by molar-refractivity contribution is -0.172. The predicted octanol–water partition coefficient (Wildman–Crippen LogP) is -0.747. The van der Waals surface area contributed by atoms with Gasteiger partial charge in [0, 0.05) is 6.08 Å². The minimum absolute atomic E-state index is 0.679. The van der Waals surface area contributed by atoms with Crippen molar-refractivity contribution < 1.29 is 29.3 Å². The molecule has 0 heterocycles. The second kappa shape index (κ2) is 4.12. The lowest BCUT2D eigenvalue weighted by atomic mass is 10.4. The van der Waals surface area contributed by atoms with E-state index in [1.54, 1.807) is 0 Å². The van der Waals surface area contributed by atoms with Crippen LogP contribution in [-0.4, -0.2) is 34.2 Å². The molecular weight excluding hydrogens is 168 g/mol. The van der Waals surface area contributed by atoms with Crippen molar-refractivity contribution in [1.29, 1.82) is 0 Å². The van der Waals surface area contributed by atoms with E-state index >= 15 is 0 Å². The fourth-order valence-corrected chi connectivity index (χ4v) is 0.371. The second-order valence-electron chi connectivity index (χ2n) is 1.70. The Bertz CT molecular complexity index is 216. The highest BCUT2D eigenvalue weighted by molar-refractivity contribution is 5.98. The van der Waals surface area contributed by atoms with E-state index in [-0.39, 0.29) is 0 Å². The Hall–Kier alpha value is -1.85. The summed E-state index contributed by atoms with van der Waals surface area (Å²) in [4.78, 5) is 30.6. The number of hydrogen-bond acceptors (Lipinski definition) is 4. The zero-order valence-corrected chi connectivity index (χ0v) is 5.89. The van der Waals surface area contributed by atoms with Crippen LogP contribution in [-0.2, 0) is 19.1 Å². The van der Waals surface area contributed by atoms with E-state index in [2.05, 4.69) is 11.3 Å². The molecule has 0 aromatic carbocycles. The third kappa shape index (κ3) is 2.82. The summed E-state index contributed by atoms with van der Waals surface area (Å²) in [5.41, 5.74) is 0. The van der Waals surface area contributed by atoms with E-state index < -0.39 is 24.0 Å². The Kier molecular flexibility index (Phi) is 3.48. The third-order valence-corrected chi connectivity index (χ3v) is 0.849. The van der Waals surface area contributed by atoms with Gasteiger partial charge in [0.1, 0.15) is 0 Å². The molecular formula is C6H6O6. The van der Waals surface area contributed by atoms with E-state index in [9.17, 15) is 14.4 Å². The highest BCUT2D eigenvalue weighted by Crippen LogP contribution is 1.94. The number of ether oxygens (including phenoxy) is 1. The Morgan fingerprint density at radius 2 is 1.67 bits per heavy atom. The van der Waals surface area contributed by atoms with Gasteiger partial charge in [0.2, 0.25) is 0 Å². The zero-order chi connectivity index (χ0) is 9.72. The summed E-state index contributed by atoms with van der Waals surface area (Å²) in [5.74, 6) is -4.57. The SMILES string of the molecule is C=CC(=O)OC(C(=O)O)C(=O)O. The third-order valence-electron chi connectivity index (χ3n) is 0.849. The molecule has 0 fully saturated rings. The van der Waals surface area contributed by atoms with Gasteiger partial charge >= 0.3 is 17.9 Å². The summed E-state index contributed by atoms with van der Waals surface area (Å²) in [6, 6.07) is 0. The van der Waals surface area contributed by atoms with Gasteiger partial charge in [-0.25, -0.2) is 14.4 Å². The van der Waals surface area contributed by atoms with Crippen molar-refractivity contribution in [2.45, 2.75) is 6.10 Å². The molecule has 0 aliphatic carbocycles. The maximum Gasteiger partial charge on any atom is 0.356 e. The van der Waals surface area contributed by atoms with Crippen molar-refractivity contribution in [2.24, 2.45) is 0 Å². The van der Waals surface area contributed by atoms with Crippen LogP contribution in [0.4, 0.5) is 0 Å². The molecule has 2 N–H and O–H groups in total. The van der Waals surface area contributed by atoms with E-state index in [0.29, 0.717) is 6.08 Å². The molecule has 0 aliphatic heterocycles. The molecule has 6 heteroatoms. The molecule has 0 saturated carbocycles. The largest absolute Gasteiger partial charge is 0.478 e. The van der Waals surface area contributed by atoms with Gasteiger partial charge in [-0.2, -0.15) is 0 Å². The highest BCUT2D eigenvalue weighted by atomic mass is 16.6. The van der Waals surface area contributed by atoms with Gasteiger partial charge in [-0.3, -0.25) is 0 Å². The van der Waals surface area contributed by atoms with Crippen LogP contribution >= 0.6 is 0 Å². The number of carbonyl (C=O) groups is 3. The molecule has 12 heavy (non-hydrogen) atoms. The monoisotopic (exact) mass is 174 g/mol. The van der Waals surface area contributed by atoms with Crippen LogP contribution in [0.25, 0.3) is 0 Å². The first-order chi connectivity index (χ1) is 5.49. The lowest BCUT2D eigenvalue weighted by Crippen LogP contribution is -2.34. The molecule has 0 atom stereocenters. The van der Waals surface area contributed by atoms with Gasteiger partial charge in [-0.1, -0.05) is 6.58 Å². The van der Waals surface area contributed by atoms with Crippen LogP contribution in [0.2, 0.25) is 0 Å². The number of esters is 1. The first-order valence-corrected chi connectivity index (χ1v) is 2.77. The average molecular weight is 174 g/mol. The van der Waals surface area contributed by atoms with Gasteiger partial charge in [0.15, 0.2) is 0 Å². The molecule has 0 aliphatic rings. The summed E-state index contributed by atoms with van der Waals surface area (Å²) < 4.78 is 3.97. The molecule has 0 amide bonds. The fraction of sp³-hybridized carbons (Fsp3) is 0.167. The molecule has 0 radical (unpaired) electrons. The lowest BCUT2D eigenvalue weighted by Gasteiger charge is -2.06. The Morgan fingerprint density at radius 3 is 1.92 bits per heavy atom. The number of aliphatic carboxylic acids is 2. The number of hydrogen-bond donors (Lipinski definition) is 2. The molecule has 0 aromatic rings. The maximum atomic E-state index is 10.4. The first kappa shape index (κ1) is 10.2. The summed E-state index contributed by atoms with van der Waals surface area (Å²) in [7, 11) is 0. The Labute approximate surface area is 67.1 Å². The van der Waals surface area contributed by atoms with Gasteiger partial charge in [0.05, 0.1) is 0 Å². The molecule has 6 nitrogen and oxygen atoms in total. The molecule has 0 bridgehead atoms. The van der Waals surface area contributed by atoms with Crippen LogP contribution in [0, 0.1) is 0 Å². The number of carbonyl (C=O) groups excluding carboxylic acids is 1. The van der Waals surface area contributed by atoms with E-state index in [4.69, 9.17) is 10.2 Å².